The zero-order chi connectivity index (χ0) is 15.1. The molecule has 0 aromatic rings. The Hall–Kier alpha value is 0.0569. The first-order chi connectivity index (χ1) is 8.91. The minimum absolute atomic E-state index is 0.421. The number of rotatable bonds is 10. The SMILES string of the molecule is CCCN(C(C)C)[Si](OC)(OC)N(CCC)C(C)C. The average molecular weight is 291 g/mol. The van der Waals surface area contributed by atoms with Gasteiger partial charge in [-0.3, -0.25) is 9.13 Å². The van der Waals surface area contributed by atoms with Crippen molar-refractivity contribution < 1.29 is 8.85 Å². The van der Waals surface area contributed by atoms with Crippen LogP contribution in [0.25, 0.3) is 0 Å². The molecule has 0 aliphatic heterocycles. The summed E-state index contributed by atoms with van der Waals surface area (Å²) in [5.74, 6) is 0. The van der Waals surface area contributed by atoms with Crippen molar-refractivity contribution in [3.8, 4) is 0 Å². The third-order valence-electron chi connectivity index (χ3n) is 3.43. The minimum Gasteiger partial charge on any atom is -0.374 e. The molecule has 0 amide bonds. The van der Waals surface area contributed by atoms with Gasteiger partial charge >= 0.3 is 8.88 Å². The summed E-state index contributed by atoms with van der Waals surface area (Å²) < 4.78 is 16.9. The highest BCUT2D eigenvalue weighted by molar-refractivity contribution is 6.61. The Morgan fingerprint density at radius 1 is 0.789 bits per heavy atom. The molecule has 0 saturated heterocycles. The van der Waals surface area contributed by atoms with E-state index in [1.807, 2.05) is 0 Å². The van der Waals surface area contributed by atoms with Crippen LogP contribution in [-0.4, -0.2) is 57.4 Å². The van der Waals surface area contributed by atoms with Crippen LogP contribution >= 0.6 is 0 Å². The molecule has 0 aliphatic carbocycles. The molecule has 0 aromatic heterocycles. The van der Waals surface area contributed by atoms with Gasteiger partial charge in [-0.05, 0) is 25.9 Å². The highest BCUT2D eigenvalue weighted by Crippen LogP contribution is 2.23. The Labute approximate surface area is 121 Å². The van der Waals surface area contributed by atoms with Gasteiger partial charge in [-0.2, -0.15) is 0 Å². The van der Waals surface area contributed by atoms with Crippen LogP contribution in [0, 0.1) is 0 Å². The van der Waals surface area contributed by atoms with E-state index in [9.17, 15) is 0 Å². The van der Waals surface area contributed by atoms with E-state index in [1.54, 1.807) is 14.2 Å². The van der Waals surface area contributed by atoms with Gasteiger partial charge in [-0.15, -0.1) is 0 Å². The Morgan fingerprint density at radius 2 is 1.11 bits per heavy atom. The molecule has 0 bridgehead atoms. The van der Waals surface area contributed by atoms with E-state index < -0.39 is 8.88 Å². The third kappa shape index (κ3) is 4.53. The number of hydrogen-bond acceptors (Lipinski definition) is 4. The Balaban J connectivity index is 5.49. The molecule has 0 heterocycles. The first-order valence-electron chi connectivity index (χ1n) is 7.54. The normalized spacial score (nSPS) is 13.3. The van der Waals surface area contributed by atoms with E-state index >= 15 is 0 Å². The molecule has 0 atom stereocenters. The maximum absolute atomic E-state index is 6.01. The van der Waals surface area contributed by atoms with Gasteiger partial charge < -0.3 is 8.85 Å². The van der Waals surface area contributed by atoms with Crippen molar-refractivity contribution in [2.45, 2.75) is 66.5 Å². The minimum atomic E-state index is -2.50. The van der Waals surface area contributed by atoms with Crippen molar-refractivity contribution in [2.24, 2.45) is 0 Å². The fraction of sp³-hybridized carbons (Fsp3) is 1.00. The predicted octanol–water partition coefficient (Wildman–Crippen LogP) is 2.96. The lowest BCUT2D eigenvalue weighted by atomic mass is 10.3. The van der Waals surface area contributed by atoms with E-state index in [0.717, 1.165) is 25.9 Å². The van der Waals surface area contributed by atoms with Gasteiger partial charge in [0.1, 0.15) is 0 Å². The standard InChI is InChI=1S/C14H34N2O2Si/c1-9-11-15(13(3)4)19(17-7,18-8)16(12-10-2)14(5)6/h13-14H,9-12H2,1-8H3. The molecule has 116 valence electrons. The Bertz CT molecular complexity index is 213. The molecule has 4 nitrogen and oxygen atoms in total. The van der Waals surface area contributed by atoms with Crippen molar-refractivity contribution in [1.82, 2.24) is 9.13 Å². The molecule has 0 radical (unpaired) electrons. The summed E-state index contributed by atoms with van der Waals surface area (Å²) in [5.41, 5.74) is 0. The smallest absolute Gasteiger partial charge is 0.374 e. The summed E-state index contributed by atoms with van der Waals surface area (Å²) in [7, 11) is 1.09. The predicted molar refractivity (Wildman–Crippen MR) is 84.0 cm³/mol. The maximum atomic E-state index is 6.01. The molecule has 0 aliphatic rings. The van der Waals surface area contributed by atoms with Gasteiger partial charge in [0.15, 0.2) is 0 Å². The van der Waals surface area contributed by atoms with Crippen LogP contribution in [0.2, 0.25) is 0 Å². The second-order valence-corrected chi connectivity index (χ2v) is 8.59. The lowest BCUT2D eigenvalue weighted by Crippen LogP contribution is -2.72. The van der Waals surface area contributed by atoms with Crippen molar-refractivity contribution in [1.29, 1.82) is 0 Å². The second-order valence-electron chi connectivity index (χ2n) is 5.53. The highest BCUT2D eigenvalue weighted by atomic mass is 28.4. The summed E-state index contributed by atoms with van der Waals surface area (Å²) in [5, 5.41) is 0. The molecule has 5 heteroatoms. The quantitative estimate of drug-likeness (QED) is 0.578. The van der Waals surface area contributed by atoms with E-state index in [0.29, 0.717) is 12.1 Å². The average Bonchev–Trinajstić information content (AvgIpc) is 2.37. The summed E-state index contributed by atoms with van der Waals surface area (Å²) in [4.78, 5) is 0. The molecule has 19 heavy (non-hydrogen) atoms. The lowest BCUT2D eigenvalue weighted by Gasteiger charge is -2.47. The van der Waals surface area contributed by atoms with E-state index in [1.165, 1.54) is 0 Å². The monoisotopic (exact) mass is 290 g/mol. The summed E-state index contributed by atoms with van der Waals surface area (Å²) in [6, 6.07) is 0.842. The van der Waals surface area contributed by atoms with Gasteiger partial charge in [-0.1, -0.05) is 41.5 Å². The van der Waals surface area contributed by atoms with Gasteiger partial charge in [0, 0.05) is 26.3 Å². The van der Waals surface area contributed by atoms with Crippen LogP contribution in [0.1, 0.15) is 54.4 Å². The van der Waals surface area contributed by atoms with Crippen molar-refractivity contribution in [2.75, 3.05) is 27.3 Å². The number of hydrogen-bond donors (Lipinski definition) is 0. The van der Waals surface area contributed by atoms with Crippen LogP contribution < -0.4 is 0 Å². The summed E-state index contributed by atoms with van der Waals surface area (Å²) >= 11 is 0. The molecule has 0 saturated carbocycles. The van der Waals surface area contributed by atoms with Crippen molar-refractivity contribution >= 4 is 8.88 Å². The van der Waals surface area contributed by atoms with Crippen LogP contribution in [0.15, 0.2) is 0 Å². The highest BCUT2D eigenvalue weighted by Gasteiger charge is 2.51. The van der Waals surface area contributed by atoms with E-state index in [4.69, 9.17) is 8.85 Å². The molecule has 0 aromatic carbocycles. The molecular weight excluding hydrogens is 256 g/mol. The van der Waals surface area contributed by atoms with Crippen LogP contribution in [0.3, 0.4) is 0 Å². The van der Waals surface area contributed by atoms with Gasteiger partial charge in [0.2, 0.25) is 0 Å². The van der Waals surface area contributed by atoms with Crippen molar-refractivity contribution in [3.05, 3.63) is 0 Å². The van der Waals surface area contributed by atoms with Gasteiger partial charge in [0.25, 0.3) is 0 Å². The van der Waals surface area contributed by atoms with Crippen LogP contribution in [0.4, 0.5) is 0 Å². The van der Waals surface area contributed by atoms with Gasteiger partial charge in [-0.25, -0.2) is 0 Å². The third-order valence-corrected chi connectivity index (χ3v) is 7.43. The summed E-state index contributed by atoms with van der Waals surface area (Å²) in [6.45, 7) is 15.3. The van der Waals surface area contributed by atoms with Crippen LogP contribution in [0.5, 0.6) is 0 Å². The molecular formula is C14H34N2O2Si. The maximum Gasteiger partial charge on any atom is 0.522 e. The largest absolute Gasteiger partial charge is 0.522 e. The summed E-state index contributed by atoms with van der Waals surface area (Å²) in [6.07, 6.45) is 2.22. The van der Waals surface area contributed by atoms with E-state index in [-0.39, 0.29) is 0 Å². The molecule has 0 unspecified atom stereocenters. The molecule has 0 fully saturated rings. The lowest BCUT2D eigenvalue weighted by molar-refractivity contribution is 0.0688. The number of nitrogens with zero attached hydrogens (tertiary/aromatic N) is 2. The van der Waals surface area contributed by atoms with Crippen LogP contribution in [-0.2, 0) is 8.85 Å². The topological polar surface area (TPSA) is 24.9 Å². The fourth-order valence-electron chi connectivity index (χ4n) is 2.65. The second kappa shape index (κ2) is 9.08. The molecule has 0 rings (SSSR count). The molecule has 0 N–H and O–H groups in total. The Morgan fingerprint density at radius 3 is 1.26 bits per heavy atom. The Kier molecular flexibility index (Phi) is 9.10. The fourth-order valence-corrected chi connectivity index (χ4v) is 6.40. The van der Waals surface area contributed by atoms with Gasteiger partial charge in [0.05, 0.1) is 0 Å². The first kappa shape index (κ1) is 19.1. The first-order valence-corrected chi connectivity index (χ1v) is 9.26. The zero-order valence-corrected chi connectivity index (χ0v) is 15.2. The zero-order valence-electron chi connectivity index (χ0n) is 14.2. The van der Waals surface area contributed by atoms with E-state index in [2.05, 4.69) is 50.7 Å². The van der Waals surface area contributed by atoms with Crippen molar-refractivity contribution in [3.63, 3.8) is 0 Å². The molecule has 0 spiro atoms.